The van der Waals surface area contributed by atoms with Gasteiger partial charge < -0.3 is 15.6 Å². The smallest absolute Gasteiger partial charge is 0.410 e. The molecule has 0 aliphatic carbocycles. The normalized spacial score (nSPS) is 9.67. The molecule has 0 saturated heterocycles. The van der Waals surface area contributed by atoms with Crippen molar-refractivity contribution in [3.8, 4) is 11.5 Å². The summed E-state index contributed by atoms with van der Waals surface area (Å²) in [6.07, 6.45) is -1.21. The molecule has 7 nitrogen and oxygen atoms in total. The van der Waals surface area contributed by atoms with Crippen LogP contribution in [0.25, 0.3) is 0 Å². The van der Waals surface area contributed by atoms with Crippen LogP contribution in [0.15, 0.2) is 12.1 Å². The fraction of sp³-hybridized carbons (Fsp3) is 0. The zero-order valence-corrected chi connectivity index (χ0v) is 7.89. The second kappa shape index (κ2) is 4.01. The number of phenols is 1. The maximum Gasteiger partial charge on any atom is 0.410 e. The van der Waals surface area contributed by atoms with Gasteiger partial charge in [-0.1, -0.05) is 11.6 Å². The second-order valence-electron chi connectivity index (χ2n) is 2.45. The van der Waals surface area contributed by atoms with Crippen LogP contribution in [0.4, 0.5) is 10.5 Å². The van der Waals surface area contributed by atoms with Gasteiger partial charge >= 0.3 is 11.8 Å². The third-order valence-corrected chi connectivity index (χ3v) is 1.65. The van der Waals surface area contributed by atoms with Gasteiger partial charge in [0.2, 0.25) is 5.75 Å². The minimum absolute atomic E-state index is 0.0595. The van der Waals surface area contributed by atoms with Crippen LogP contribution in [0.1, 0.15) is 0 Å². The maximum absolute atomic E-state index is 10.4. The molecular formula is C7H5ClN2O5. The molecule has 1 rings (SSSR count). The van der Waals surface area contributed by atoms with E-state index in [0.29, 0.717) is 0 Å². The van der Waals surface area contributed by atoms with Crippen LogP contribution in [0.3, 0.4) is 0 Å². The number of halogens is 1. The molecule has 0 unspecified atom stereocenters. The van der Waals surface area contributed by atoms with Crippen molar-refractivity contribution in [3.63, 3.8) is 0 Å². The number of nitrogens with zero attached hydrogens (tertiary/aromatic N) is 1. The molecule has 0 spiro atoms. The van der Waals surface area contributed by atoms with Crippen molar-refractivity contribution in [2.24, 2.45) is 5.73 Å². The molecule has 0 heterocycles. The molecule has 1 aromatic carbocycles. The largest absolute Gasteiger partial charge is 0.499 e. The van der Waals surface area contributed by atoms with Crippen LogP contribution < -0.4 is 10.5 Å². The topological polar surface area (TPSA) is 116 Å². The molecule has 0 bridgehead atoms. The Morgan fingerprint density at radius 1 is 1.60 bits per heavy atom. The van der Waals surface area contributed by atoms with Gasteiger partial charge in [-0.05, 0) is 0 Å². The van der Waals surface area contributed by atoms with Gasteiger partial charge in [0.05, 0.1) is 9.95 Å². The van der Waals surface area contributed by atoms with Crippen molar-refractivity contribution in [2.45, 2.75) is 0 Å². The van der Waals surface area contributed by atoms with Crippen LogP contribution in [-0.2, 0) is 0 Å². The SMILES string of the molecule is NC(=O)Oc1cc(Cl)cc([N+](=O)[O-])c1O. The van der Waals surface area contributed by atoms with Crippen molar-refractivity contribution in [1.29, 1.82) is 0 Å². The molecule has 0 aliphatic heterocycles. The summed E-state index contributed by atoms with van der Waals surface area (Å²) < 4.78 is 4.32. The summed E-state index contributed by atoms with van der Waals surface area (Å²) in [7, 11) is 0. The average molecular weight is 233 g/mol. The van der Waals surface area contributed by atoms with E-state index >= 15 is 0 Å². The van der Waals surface area contributed by atoms with E-state index in [9.17, 15) is 20.0 Å². The quantitative estimate of drug-likeness (QED) is 0.591. The summed E-state index contributed by atoms with van der Waals surface area (Å²) in [5, 5.41) is 19.7. The Hall–Kier alpha value is -2.02. The van der Waals surface area contributed by atoms with Gasteiger partial charge in [0.1, 0.15) is 0 Å². The molecule has 1 aromatic rings. The standard InChI is InChI=1S/C7H5ClN2O5/c8-3-1-4(10(13)14)6(11)5(2-3)15-7(9)12/h1-2,11H,(H2,9,12). The number of carbonyl (C=O) groups excluding carboxylic acids is 1. The number of aromatic hydroxyl groups is 1. The summed E-state index contributed by atoms with van der Waals surface area (Å²) in [4.78, 5) is 20.0. The molecule has 0 aromatic heterocycles. The number of hydrogen-bond donors (Lipinski definition) is 2. The third kappa shape index (κ3) is 2.47. The van der Waals surface area contributed by atoms with Crippen molar-refractivity contribution < 1.29 is 19.6 Å². The number of amides is 1. The van der Waals surface area contributed by atoms with Gasteiger partial charge in [0, 0.05) is 12.1 Å². The monoisotopic (exact) mass is 232 g/mol. The van der Waals surface area contributed by atoms with Crippen LogP contribution in [0.2, 0.25) is 5.02 Å². The van der Waals surface area contributed by atoms with Crippen molar-refractivity contribution in [2.75, 3.05) is 0 Å². The Morgan fingerprint density at radius 2 is 2.20 bits per heavy atom. The minimum atomic E-state index is -1.21. The number of carbonyl (C=O) groups is 1. The first-order chi connectivity index (χ1) is 6.91. The lowest BCUT2D eigenvalue weighted by molar-refractivity contribution is -0.385. The number of nitro groups is 1. The Balaban J connectivity index is 3.28. The predicted octanol–water partition coefficient (Wildman–Crippen LogP) is 1.41. The number of primary amides is 1. The highest BCUT2D eigenvalue weighted by atomic mass is 35.5. The molecule has 15 heavy (non-hydrogen) atoms. The number of hydrogen-bond acceptors (Lipinski definition) is 5. The molecule has 80 valence electrons. The lowest BCUT2D eigenvalue weighted by Crippen LogP contribution is -2.16. The third-order valence-electron chi connectivity index (χ3n) is 1.43. The van der Waals surface area contributed by atoms with Gasteiger partial charge in [-0.3, -0.25) is 10.1 Å². The summed E-state index contributed by atoms with van der Waals surface area (Å²) in [5.74, 6) is -1.26. The average Bonchev–Trinajstić information content (AvgIpc) is 2.09. The fourth-order valence-corrected chi connectivity index (χ4v) is 1.09. The Morgan fingerprint density at radius 3 is 2.67 bits per heavy atom. The highest BCUT2D eigenvalue weighted by Gasteiger charge is 2.20. The Bertz CT molecular complexity index is 434. The van der Waals surface area contributed by atoms with Gasteiger partial charge in [0.15, 0.2) is 5.75 Å². The van der Waals surface area contributed by atoms with Gasteiger partial charge in [-0.2, -0.15) is 0 Å². The van der Waals surface area contributed by atoms with E-state index in [1.165, 1.54) is 0 Å². The maximum atomic E-state index is 10.4. The molecule has 0 aliphatic rings. The first kappa shape index (κ1) is 11.1. The van der Waals surface area contributed by atoms with Crippen molar-refractivity contribution >= 4 is 23.4 Å². The molecule has 0 fully saturated rings. The number of nitro benzene ring substituents is 1. The first-order valence-corrected chi connectivity index (χ1v) is 3.94. The molecule has 1 amide bonds. The van der Waals surface area contributed by atoms with Crippen LogP contribution in [-0.4, -0.2) is 16.1 Å². The fourth-order valence-electron chi connectivity index (χ4n) is 0.886. The molecule has 3 N–H and O–H groups in total. The van der Waals surface area contributed by atoms with E-state index in [1.807, 2.05) is 0 Å². The molecular weight excluding hydrogens is 228 g/mol. The minimum Gasteiger partial charge on any atom is -0.499 e. The van der Waals surface area contributed by atoms with E-state index in [0.717, 1.165) is 12.1 Å². The van der Waals surface area contributed by atoms with E-state index in [-0.39, 0.29) is 5.02 Å². The van der Waals surface area contributed by atoms with E-state index < -0.39 is 28.2 Å². The zero-order valence-electron chi connectivity index (χ0n) is 7.14. The predicted molar refractivity (Wildman–Crippen MR) is 50.0 cm³/mol. The molecule has 0 radical (unpaired) electrons. The molecule has 0 atom stereocenters. The Kier molecular flexibility index (Phi) is 2.96. The number of ether oxygens (including phenoxy) is 1. The molecule has 8 heteroatoms. The second-order valence-corrected chi connectivity index (χ2v) is 2.89. The lowest BCUT2D eigenvalue weighted by atomic mass is 10.3. The van der Waals surface area contributed by atoms with E-state index in [2.05, 4.69) is 10.5 Å². The van der Waals surface area contributed by atoms with E-state index in [4.69, 9.17) is 11.6 Å². The van der Waals surface area contributed by atoms with Crippen molar-refractivity contribution in [3.05, 3.63) is 27.3 Å². The summed E-state index contributed by atoms with van der Waals surface area (Å²) >= 11 is 5.50. The number of rotatable bonds is 2. The van der Waals surface area contributed by atoms with Gasteiger partial charge in [-0.25, -0.2) is 4.79 Å². The molecule has 0 saturated carbocycles. The first-order valence-electron chi connectivity index (χ1n) is 3.56. The number of benzene rings is 1. The van der Waals surface area contributed by atoms with Crippen LogP contribution in [0.5, 0.6) is 11.5 Å². The number of nitrogens with two attached hydrogens (primary N) is 1. The van der Waals surface area contributed by atoms with Crippen LogP contribution in [0, 0.1) is 10.1 Å². The highest BCUT2D eigenvalue weighted by molar-refractivity contribution is 6.31. The highest BCUT2D eigenvalue weighted by Crippen LogP contribution is 2.38. The van der Waals surface area contributed by atoms with Gasteiger partial charge in [0.25, 0.3) is 0 Å². The van der Waals surface area contributed by atoms with Crippen LogP contribution >= 0.6 is 11.6 Å². The van der Waals surface area contributed by atoms with Crippen molar-refractivity contribution in [1.82, 2.24) is 0 Å². The Labute approximate surface area is 88.2 Å². The van der Waals surface area contributed by atoms with Gasteiger partial charge in [-0.15, -0.1) is 0 Å². The zero-order chi connectivity index (χ0) is 11.6. The summed E-state index contributed by atoms with van der Waals surface area (Å²) in [6.45, 7) is 0. The lowest BCUT2D eigenvalue weighted by Gasteiger charge is -2.04. The summed E-state index contributed by atoms with van der Waals surface area (Å²) in [5.41, 5.74) is 4.02. The number of phenolic OH excluding ortho intramolecular Hbond substituents is 1. The summed E-state index contributed by atoms with van der Waals surface area (Å²) in [6, 6.07) is 1.96. The van der Waals surface area contributed by atoms with E-state index in [1.54, 1.807) is 0 Å².